The van der Waals surface area contributed by atoms with E-state index in [0.717, 1.165) is 24.4 Å². The number of benzene rings is 1. The van der Waals surface area contributed by atoms with E-state index < -0.39 is 0 Å². The van der Waals surface area contributed by atoms with Gasteiger partial charge in [-0.3, -0.25) is 0 Å². The van der Waals surface area contributed by atoms with E-state index in [-0.39, 0.29) is 0 Å². The SMILES string of the molecule is Cc1cc(C(C)NC2Cc3ccccc3C2)c(C)o1. The summed E-state index contributed by atoms with van der Waals surface area (Å²) in [5, 5.41) is 3.74. The van der Waals surface area contributed by atoms with Crippen LogP contribution < -0.4 is 5.32 Å². The van der Waals surface area contributed by atoms with Crippen LogP contribution in [0.15, 0.2) is 34.7 Å². The molecule has 3 rings (SSSR count). The van der Waals surface area contributed by atoms with Crippen LogP contribution >= 0.6 is 0 Å². The Kier molecular flexibility index (Phi) is 3.19. The Hall–Kier alpha value is -1.54. The first-order valence-electron chi connectivity index (χ1n) is 7.03. The first-order valence-corrected chi connectivity index (χ1v) is 7.03. The molecule has 1 heterocycles. The molecule has 0 saturated heterocycles. The van der Waals surface area contributed by atoms with Crippen LogP contribution in [0.2, 0.25) is 0 Å². The Morgan fingerprint density at radius 1 is 1.16 bits per heavy atom. The maximum absolute atomic E-state index is 5.62. The van der Waals surface area contributed by atoms with Gasteiger partial charge >= 0.3 is 0 Å². The first-order chi connectivity index (χ1) is 9.13. The number of aryl methyl sites for hydroxylation is 2. The van der Waals surface area contributed by atoms with Gasteiger partial charge in [-0.05, 0) is 50.8 Å². The van der Waals surface area contributed by atoms with Crippen molar-refractivity contribution in [2.45, 2.75) is 45.7 Å². The standard InChI is InChI=1S/C17H21NO/c1-11-8-17(13(3)19-11)12(2)18-16-9-14-6-4-5-7-15(14)10-16/h4-8,12,16,18H,9-10H2,1-3H3. The Morgan fingerprint density at radius 3 is 2.32 bits per heavy atom. The third-order valence-corrected chi connectivity index (χ3v) is 4.08. The van der Waals surface area contributed by atoms with Gasteiger partial charge in [0.05, 0.1) is 0 Å². The Balaban J connectivity index is 1.69. The molecule has 1 N–H and O–H groups in total. The van der Waals surface area contributed by atoms with Crippen molar-refractivity contribution in [1.82, 2.24) is 5.32 Å². The van der Waals surface area contributed by atoms with E-state index in [4.69, 9.17) is 4.42 Å². The molecule has 1 aliphatic rings. The maximum Gasteiger partial charge on any atom is 0.105 e. The lowest BCUT2D eigenvalue weighted by molar-refractivity contribution is 0.452. The van der Waals surface area contributed by atoms with Crippen molar-refractivity contribution in [3.05, 3.63) is 58.5 Å². The Morgan fingerprint density at radius 2 is 1.79 bits per heavy atom. The lowest BCUT2D eigenvalue weighted by Gasteiger charge is -2.18. The lowest BCUT2D eigenvalue weighted by atomic mass is 10.1. The lowest BCUT2D eigenvalue weighted by Crippen LogP contribution is -2.32. The minimum absolute atomic E-state index is 0.344. The predicted molar refractivity (Wildman–Crippen MR) is 77.4 cm³/mol. The molecule has 1 unspecified atom stereocenters. The zero-order valence-electron chi connectivity index (χ0n) is 11.9. The van der Waals surface area contributed by atoms with Gasteiger partial charge in [0.2, 0.25) is 0 Å². The van der Waals surface area contributed by atoms with Crippen LogP contribution in [-0.2, 0) is 12.8 Å². The van der Waals surface area contributed by atoms with Gasteiger partial charge in [-0.1, -0.05) is 24.3 Å². The Bertz CT molecular complexity index is 560. The van der Waals surface area contributed by atoms with Gasteiger partial charge in [0.15, 0.2) is 0 Å². The summed E-state index contributed by atoms with van der Waals surface area (Å²) in [7, 11) is 0. The fourth-order valence-corrected chi connectivity index (χ4v) is 3.20. The number of nitrogens with one attached hydrogen (secondary N) is 1. The molecule has 1 aromatic carbocycles. The summed E-state index contributed by atoms with van der Waals surface area (Å²) in [4.78, 5) is 0. The summed E-state index contributed by atoms with van der Waals surface area (Å²) < 4.78 is 5.62. The average molecular weight is 255 g/mol. The smallest absolute Gasteiger partial charge is 0.105 e. The predicted octanol–water partition coefficient (Wildman–Crippen LogP) is 3.71. The highest BCUT2D eigenvalue weighted by atomic mass is 16.3. The summed E-state index contributed by atoms with van der Waals surface area (Å²) in [6.07, 6.45) is 2.27. The fourth-order valence-electron chi connectivity index (χ4n) is 3.20. The van der Waals surface area contributed by atoms with Crippen molar-refractivity contribution in [3.63, 3.8) is 0 Å². The van der Waals surface area contributed by atoms with Crippen LogP contribution in [0.25, 0.3) is 0 Å². The molecule has 100 valence electrons. The van der Waals surface area contributed by atoms with Crippen LogP contribution in [0.5, 0.6) is 0 Å². The largest absolute Gasteiger partial charge is 0.466 e. The summed E-state index contributed by atoms with van der Waals surface area (Å²) in [5.41, 5.74) is 4.27. The monoisotopic (exact) mass is 255 g/mol. The van der Waals surface area contributed by atoms with Crippen LogP contribution in [0.4, 0.5) is 0 Å². The topological polar surface area (TPSA) is 25.2 Å². The van der Waals surface area contributed by atoms with Crippen molar-refractivity contribution in [2.24, 2.45) is 0 Å². The van der Waals surface area contributed by atoms with E-state index in [9.17, 15) is 0 Å². The van der Waals surface area contributed by atoms with E-state index in [1.54, 1.807) is 0 Å². The molecule has 19 heavy (non-hydrogen) atoms. The van der Waals surface area contributed by atoms with Crippen LogP contribution in [0, 0.1) is 13.8 Å². The first kappa shape index (κ1) is 12.5. The zero-order chi connectivity index (χ0) is 13.4. The molecule has 2 aromatic rings. The van der Waals surface area contributed by atoms with Crippen LogP contribution in [0.3, 0.4) is 0 Å². The van der Waals surface area contributed by atoms with Gasteiger partial charge in [0.1, 0.15) is 11.5 Å². The number of hydrogen-bond donors (Lipinski definition) is 1. The zero-order valence-corrected chi connectivity index (χ0v) is 11.9. The normalized spacial score (nSPS) is 16.6. The molecule has 1 aromatic heterocycles. The van der Waals surface area contributed by atoms with Crippen molar-refractivity contribution in [1.29, 1.82) is 0 Å². The van der Waals surface area contributed by atoms with Crippen molar-refractivity contribution < 1.29 is 4.42 Å². The van der Waals surface area contributed by atoms with E-state index in [2.05, 4.69) is 42.6 Å². The van der Waals surface area contributed by atoms with E-state index >= 15 is 0 Å². The van der Waals surface area contributed by atoms with Gasteiger partial charge in [0, 0.05) is 17.6 Å². The maximum atomic E-state index is 5.62. The molecule has 2 nitrogen and oxygen atoms in total. The number of rotatable bonds is 3. The highest BCUT2D eigenvalue weighted by Crippen LogP contribution is 2.26. The van der Waals surface area contributed by atoms with E-state index in [1.807, 2.05) is 13.8 Å². The molecule has 2 heteroatoms. The molecule has 0 aliphatic heterocycles. The quantitative estimate of drug-likeness (QED) is 0.904. The Labute approximate surface area is 114 Å². The average Bonchev–Trinajstić information content (AvgIpc) is 2.91. The van der Waals surface area contributed by atoms with Crippen LogP contribution in [-0.4, -0.2) is 6.04 Å². The second-order valence-electron chi connectivity index (χ2n) is 5.63. The number of fused-ring (bicyclic) bond motifs is 1. The molecular formula is C17H21NO. The minimum atomic E-state index is 0.344. The van der Waals surface area contributed by atoms with Gasteiger partial charge in [-0.2, -0.15) is 0 Å². The molecular weight excluding hydrogens is 234 g/mol. The highest BCUT2D eigenvalue weighted by Gasteiger charge is 2.23. The molecule has 0 fully saturated rings. The third kappa shape index (κ3) is 2.45. The molecule has 0 bridgehead atoms. The molecule has 0 radical (unpaired) electrons. The molecule has 0 saturated carbocycles. The second-order valence-corrected chi connectivity index (χ2v) is 5.63. The summed E-state index contributed by atoms with van der Waals surface area (Å²) in [5.74, 6) is 2.03. The van der Waals surface area contributed by atoms with Gasteiger partial charge in [-0.25, -0.2) is 0 Å². The number of furan rings is 1. The van der Waals surface area contributed by atoms with Crippen LogP contribution in [0.1, 0.15) is 41.2 Å². The number of hydrogen-bond acceptors (Lipinski definition) is 2. The summed E-state index contributed by atoms with van der Waals surface area (Å²) in [6, 6.07) is 11.8. The van der Waals surface area contributed by atoms with Gasteiger partial charge in [0.25, 0.3) is 0 Å². The van der Waals surface area contributed by atoms with Gasteiger partial charge < -0.3 is 9.73 Å². The van der Waals surface area contributed by atoms with Crippen molar-refractivity contribution in [3.8, 4) is 0 Å². The minimum Gasteiger partial charge on any atom is -0.466 e. The molecule has 1 atom stereocenters. The third-order valence-electron chi connectivity index (χ3n) is 4.08. The summed E-state index contributed by atoms with van der Waals surface area (Å²) >= 11 is 0. The van der Waals surface area contributed by atoms with Crippen molar-refractivity contribution >= 4 is 0 Å². The van der Waals surface area contributed by atoms with E-state index in [1.165, 1.54) is 16.7 Å². The summed E-state index contributed by atoms with van der Waals surface area (Å²) in [6.45, 7) is 6.28. The van der Waals surface area contributed by atoms with Crippen molar-refractivity contribution in [2.75, 3.05) is 0 Å². The molecule has 0 amide bonds. The van der Waals surface area contributed by atoms with Gasteiger partial charge in [-0.15, -0.1) is 0 Å². The fraction of sp³-hybridized carbons (Fsp3) is 0.412. The molecule has 1 aliphatic carbocycles. The van der Waals surface area contributed by atoms with E-state index in [0.29, 0.717) is 12.1 Å². The molecule has 0 spiro atoms. The highest BCUT2D eigenvalue weighted by molar-refractivity contribution is 5.33. The second kappa shape index (κ2) is 4.86.